The largest absolute Gasteiger partial charge is 0.481 e. The summed E-state index contributed by atoms with van der Waals surface area (Å²) in [6.07, 6.45) is -0.0361. The number of piperazine rings is 1. The molecule has 0 aliphatic carbocycles. The van der Waals surface area contributed by atoms with E-state index in [9.17, 15) is 18.5 Å². The van der Waals surface area contributed by atoms with Crippen LogP contribution in [0.25, 0.3) is 0 Å². The Morgan fingerprint density at radius 2 is 1.64 bits per heavy atom. The molecule has 4 rings (SSSR count). The van der Waals surface area contributed by atoms with E-state index in [-0.39, 0.29) is 18.3 Å². The number of hydrogen-bond donors (Lipinski definition) is 1. The molecule has 0 radical (unpaired) electrons. The van der Waals surface area contributed by atoms with Gasteiger partial charge in [0.15, 0.2) is 0 Å². The zero-order chi connectivity index (χ0) is 23.4. The maximum atomic E-state index is 13.2. The first-order chi connectivity index (χ1) is 15.9. The summed E-state index contributed by atoms with van der Waals surface area (Å²) in [7, 11) is -1.35. The zero-order valence-electron chi connectivity index (χ0n) is 17.9. The highest BCUT2D eigenvalue weighted by Crippen LogP contribution is 2.31. The number of halogens is 2. The van der Waals surface area contributed by atoms with Crippen LogP contribution in [0, 0.1) is 5.82 Å². The summed E-state index contributed by atoms with van der Waals surface area (Å²) >= 11 is 6.11. The van der Waals surface area contributed by atoms with E-state index in [1.807, 2.05) is 52.8 Å². The highest BCUT2D eigenvalue weighted by atomic mass is 35.5. The summed E-state index contributed by atoms with van der Waals surface area (Å²) in [6.45, 7) is 2.51. The minimum absolute atomic E-state index is 0.0361. The third-order valence-electron chi connectivity index (χ3n) is 5.70. The van der Waals surface area contributed by atoms with Crippen molar-refractivity contribution in [3.63, 3.8) is 0 Å². The lowest BCUT2D eigenvalue weighted by Crippen LogP contribution is -2.48. The van der Waals surface area contributed by atoms with Crippen LogP contribution in [0.15, 0.2) is 77.7 Å². The fraction of sp³-hybridized carbons (Fsp3) is 0.240. The third kappa shape index (κ3) is 5.86. The van der Waals surface area contributed by atoms with Gasteiger partial charge in [0.1, 0.15) is 16.8 Å². The Hall–Kier alpha value is -2.58. The van der Waals surface area contributed by atoms with E-state index in [0.717, 1.165) is 16.7 Å². The molecule has 3 aromatic rings. The third-order valence-corrected chi connectivity index (χ3v) is 7.46. The number of aliphatic carboxylic acids is 1. The fourth-order valence-electron chi connectivity index (χ4n) is 4.13. The molecule has 0 aromatic heterocycles. The summed E-state index contributed by atoms with van der Waals surface area (Å²) in [6, 6.07) is 21.0. The van der Waals surface area contributed by atoms with Gasteiger partial charge in [-0.3, -0.25) is 9.69 Å². The fourth-order valence-corrected chi connectivity index (χ4v) is 5.42. The quantitative estimate of drug-likeness (QED) is 0.533. The van der Waals surface area contributed by atoms with Crippen LogP contribution in [-0.4, -0.2) is 50.7 Å². The van der Waals surface area contributed by atoms with Crippen LogP contribution in [0.1, 0.15) is 22.7 Å². The van der Waals surface area contributed by atoms with E-state index in [2.05, 4.69) is 4.90 Å². The number of carboxylic acids is 1. The molecule has 8 heteroatoms. The van der Waals surface area contributed by atoms with Crippen molar-refractivity contribution in [2.75, 3.05) is 26.2 Å². The smallest absolute Gasteiger partial charge is 0.307 e. The lowest BCUT2D eigenvalue weighted by atomic mass is 9.94. The van der Waals surface area contributed by atoms with Gasteiger partial charge in [0, 0.05) is 31.2 Å². The van der Waals surface area contributed by atoms with E-state index in [0.29, 0.717) is 36.1 Å². The van der Waals surface area contributed by atoms with Crippen molar-refractivity contribution in [1.29, 1.82) is 0 Å². The predicted octanol–water partition coefficient (Wildman–Crippen LogP) is 4.54. The normalized spacial score (nSPS) is 16.9. The molecule has 33 heavy (non-hydrogen) atoms. The molecule has 172 valence electrons. The van der Waals surface area contributed by atoms with Gasteiger partial charge in [0.2, 0.25) is 0 Å². The summed E-state index contributed by atoms with van der Waals surface area (Å²) in [5.74, 6) is -1.22. The van der Waals surface area contributed by atoms with Gasteiger partial charge >= 0.3 is 5.97 Å². The van der Waals surface area contributed by atoms with E-state index < -0.39 is 17.0 Å². The molecule has 2 atom stereocenters. The highest BCUT2D eigenvalue weighted by Gasteiger charge is 2.29. The average molecular weight is 487 g/mol. The van der Waals surface area contributed by atoms with Gasteiger partial charge in [-0.25, -0.2) is 12.9 Å². The maximum Gasteiger partial charge on any atom is 0.307 e. The Morgan fingerprint density at radius 3 is 2.27 bits per heavy atom. The molecule has 5 nitrogen and oxygen atoms in total. The second kappa shape index (κ2) is 10.6. The molecule has 3 aromatic carbocycles. The van der Waals surface area contributed by atoms with Crippen molar-refractivity contribution < 1.29 is 18.5 Å². The van der Waals surface area contributed by atoms with Gasteiger partial charge in [-0.05, 0) is 53.1 Å². The average Bonchev–Trinajstić information content (AvgIpc) is 2.81. The van der Waals surface area contributed by atoms with E-state index in [1.54, 1.807) is 12.1 Å². The molecular weight excluding hydrogens is 463 g/mol. The molecule has 0 spiro atoms. The van der Waals surface area contributed by atoms with E-state index in [1.165, 1.54) is 12.1 Å². The summed E-state index contributed by atoms with van der Waals surface area (Å²) in [5, 5.41) is 9.85. The first kappa shape index (κ1) is 23.6. The number of nitrogens with zero attached hydrogens (tertiary/aromatic N) is 2. The summed E-state index contributed by atoms with van der Waals surface area (Å²) in [5.41, 5.74) is 2.80. The Kier molecular flexibility index (Phi) is 7.55. The van der Waals surface area contributed by atoms with Crippen LogP contribution < -0.4 is 0 Å². The molecular formula is C25H24ClFN2O3S. The van der Waals surface area contributed by atoms with Crippen LogP contribution in [-0.2, 0) is 22.2 Å². The minimum atomic E-state index is -1.35. The van der Waals surface area contributed by atoms with Crippen molar-refractivity contribution in [3.8, 4) is 0 Å². The zero-order valence-corrected chi connectivity index (χ0v) is 19.4. The van der Waals surface area contributed by atoms with Crippen LogP contribution in [0.2, 0.25) is 5.02 Å². The van der Waals surface area contributed by atoms with Crippen LogP contribution >= 0.6 is 11.6 Å². The van der Waals surface area contributed by atoms with Gasteiger partial charge in [-0.15, -0.1) is 0 Å². The number of rotatable bonds is 7. The first-order valence-electron chi connectivity index (χ1n) is 10.6. The summed E-state index contributed by atoms with van der Waals surface area (Å²) in [4.78, 5) is 14.1. The van der Waals surface area contributed by atoms with Crippen molar-refractivity contribution in [2.24, 2.45) is 0 Å². The highest BCUT2D eigenvalue weighted by molar-refractivity contribution is 7.82. The Morgan fingerprint density at radius 1 is 0.970 bits per heavy atom. The standard InChI is InChI=1S/C25H24ClFN2O3S/c26-21-6-4-19(5-7-21)25(20-3-1-2-18(16-20)17-24(30)31)28-12-14-29(15-13-28)33(32)23-10-8-22(27)9-11-23/h1-11,16,25H,12-15,17H2,(H,30,31). The minimum Gasteiger partial charge on any atom is -0.481 e. The molecule has 1 N–H and O–H groups in total. The van der Waals surface area contributed by atoms with Crippen molar-refractivity contribution in [3.05, 3.63) is 100 Å². The van der Waals surface area contributed by atoms with Gasteiger partial charge in [-0.2, -0.15) is 0 Å². The van der Waals surface area contributed by atoms with Gasteiger partial charge < -0.3 is 5.11 Å². The molecule has 1 fully saturated rings. The lowest BCUT2D eigenvalue weighted by Gasteiger charge is -2.39. The number of hydrogen-bond acceptors (Lipinski definition) is 3. The molecule has 1 heterocycles. The Labute approximate surface area is 200 Å². The second-order valence-corrected chi connectivity index (χ2v) is 9.86. The molecule has 2 unspecified atom stereocenters. The predicted molar refractivity (Wildman–Crippen MR) is 127 cm³/mol. The number of benzene rings is 3. The Balaban J connectivity index is 1.56. The van der Waals surface area contributed by atoms with Gasteiger partial charge in [-0.1, -0.05) is 48.0 Å². The lowest BCUT2D eigenvalue weighted by molar-refractivity contribution is -0.136. The SMILES string of the molecule is O=C(O)Cc1cccc(C(c2ccc(Cl)cc2)N2CCN(S(=O)c3ccc(F)cc3)CC2)c1. The molecule has 0 bridgehead atoms. The molecule has 1 aliphatic rings. The number of carbonyl (C=O) groups is 1. The van der Waals surface area contributed by atoms with Crippen molar-refractivity contribution in [1.82, 2.24) is 9.21 Å². The summed E-state index contributed by atoms with van der Waals surface area (Å²) < 4.78 is 28.0. The molecule has 1 saturated heterocycles. The van der Waals surface area contributed by atoms with E-state index in [4.69, 9.17) is 11.6 Å². The second-order valence-electron chi connectivity index (χ2n) is 7.94. The van der Waals surface area contributed by atoms with Crippen molar-refractivity contribution in [2.45, 2.75) is 17.4 Å². The number of carboxylic acid groups (broad SMARTS) is 1. The first-order valence-corrected chi connectivity index (χ1v) is 12.1. The maximum absolute atomic E-state index is 13.2. The van der Waals surface area contributed by atoms with Crippen LogP contribution in [0.3, 0.4) is 0 Å². The molecule has 0 amide bonds. The van der Waals surface area contributed by atoms with Crippen LogP contribution in [0.5, 0.6) is 0 Å². The Bertz CT molecular complexity index is 1130. The van der Waals surface area contributed by atoms with E-state index >= 15 is 0 Å². The molecule has 1 aliphatic heterocycles. The van der Waals surface area contributed by atoms with Crippen molar-refractivity contribution >= 4 is 28.6 Å². The van der Waals surface area contributed by atoms with Gasteiger partial charge in [0.25, 0.3) is 0 Å². The van der Waals surface area contributed by atoms with Crippen LogP contribution in [0.4, 0.5) is 4.39 Å². The monoisotopic (exact) mass is 486 g/mol. The topological polar surface area (TPSA) is 60.9 Å². The molecule has 0 saturated carbocycles. The van der Waals surface area contributed by atoms with Gasteiger partial charge in [0.05, 0.1) is 17.4 Å².